The summed E-state index contributed by atoms with van der Waals surface area (Å²) in [6.45, 7) is 6.31. The summed E-state index contributed by atoms with van der Waals surface area (Å²) in [6.07, 6.45) is 3.93. The molecule has 10 heteroatoms. The molecule has 0 aromatic heterocycles. The first kappa shape index (κ1) is 28.0. The topological polar surface area (TPSA) is 88.6 Å². The lowest BCUT2D eigenvalue weighted by Crippen LogP contribution is -2.50. The quantitative estimate of drug-likeness (QED) is 0.573. The van der Waals surface area contributed by atoms with Crippen LogP contribution in [0.5, 0.6) is 5.75 Å². The number of ether oxygens (including phenoxy) is 3. The second-order valence-electron chi connectivity index (χ2n) is 10.5. The van der Waals surface area contributed by atoms with Crippen molar-refractivity contribution in [2.45, 2.75) is 31.8 Å². The number of carbonyl (C=O) groups excluding carboxylic acids is 1. The van der Waals surface area contributed by atoms with Crippen LogP contribution in [0.15, 0.2) is 42.5 Å². The van der Waals surface area contributed by atoms with Crippen LogP contribution < -0.4 is 4.74 Å². The maximum atomic E-state index is 13.3. The summed E-state index contributed by atoms with van der Waals surface area (Å²) in [7, 11) is -3.25. The second kappa shape index (κ2) is 12.8. The van der Waals surface area contributed by atoms with E-state index in [0.29, 0.717) is 64.0 Å². The van der Waals surface area contributed by atoms with E-state index in [1.54, 1.807) is 11.0 Å². The first-order valence-corrected chi connectivity index (χ1v) is 15.7. The number of piperazine rings is 1. The highest BCUT2D eigenvalue weighted by atomic mass is 32.2. The molecule has 2 aromatic rings. The van der Waals surface area contributed by atoms with Crippen LogP contribution in [0.1, 0.15) is 39.9 Å². The number of fused-ring (bicyclic) bond motifs is 3. The fourth-order valence-corrected chi connectivity index (χ4v) is 6.45. The molecular formula is C29H39N3O6S. The molecule has 2 aromatic carbocycles. The van der Waals surface area contributed by atoms with Gasteiger partial charge >= 0.3 is 0 Å². The number of sulfonamides is 1. The van der Waals surface area contributed by atoms with Crippen molar-refractivity contribution in [3.05, 3.63) is 64.7 Å². The third kappa shape index (κ3) is 7.37. The molecule has 0 spiro atoms. The van der Waals surface area contributed by atoms with Gasteiger partial charge < -0.3 is 19.1 Å². The van der Waals surface area contributed by atoms with Crippen molar-refractivity contribution in [2.75, 3.05) is 72.0 Å². The molecular weight excluding hydrogens is 518 g/mol. The Hall–Kier alpha value is -2.50. The number of rotatable bonds is 3. The maximum Gasteiger partial charge on any atom is 0.253 e. The van der Waals surface area contributed by atoms with E-state index in [9.17, 15) is 13.2 Å². The smallest absolute Gasteiger partial charge is 0.253 e. The van der Waals surface area contributed by atoms with Crippen molar-refractivity contribution in [3.63, 3.8) is 0 Å². The summed E-state index contributed by atoms with van der Waals surface area (Å²) in [5.74, 6) is 0.665. The van der Waals surface area contributed by atoms with Gasteiger partial charge in [0.05, 0.1) is 19.5 Å². The Morgan fingerprint density at radius 3 is 2.36 bits per heavy atom. The third-order valence-electron chi connectivity index (χ3n) is 7.79. The van der Waals surface area contributed by atoms with Gasteiger partial charge in [-0.15, -0.1) is 0 Å². The van der Waals surface area contributed by atoms with Gasteiger partial charge in [-0.3, -0.25) is 9.69 Å². The van der Waals surface area contributed by atoms with Crippen LogP contribution in [-0.2, 0) is 32.5 Å². The highest BCUT2D eigenvalue weighted by Crippen LogP contribution is 2.26. The third-order valence-corrected chi connectivity index (χ3v) is 9.09. The van der Waals surface area contributed by atoms with E-state index in [1.165, 1.54) is 21.7 Å². The SMILES string of the molecule is CS(=O)(=O)N1CCN(C(=O)c2ccc3c(c2)Cc2cccc(c2)CN(C2CCOCC2)CCOCCO3)CC1. The Morgan fingerprint density at radius 1 is 0.846 bits per heavy atom. The molecule has 9 nitrogen and oxygen atoms in total. The number of carbonyl (C=O) groups is 1. The Bertz CT molecular complexity index is 1240. The molecule has 0 atom stereocenters. The van der Waals surface area contributed by atoms with E-state index in [2.05, 4.69) is 29.2 Å². The minimum absolute atomic E-state index is 0.0884. The minimum Gasteiger partial charge on any atom is -0.491 e. The van der Waals surface area contributed by atoms with Crippen molar-refractivity contribution in [1.29, 1.82) is 0 Å². The molecule has 2 saturated heterocycles. The van der Waals surface area contributed by atoms with Gasteiger partial charge in [0.25, 0.3) is 5.91 Å². The molecule has 3 heterocycles. The highest BCUT2D eigenvalue weighted by Gasteiger charge is 2.27. The Labute approximate surface area is 231 Å². The van der Waals surface area contributed by atoms with Gasteiger partial charge in [0.2, 0.25) is 10.0 Å². The zero-order valence-electron chi connectivity index (χ0n) is 22.7. The molecule has 212 valence electrons. The van der Waals surface area contributed by atoms with Crippen molar-refractivity contribution in [3.8, 4) is 5.75 Å². The average molecular weight is 558 g/mol. The molecule has 0 N–H and O–H groups in total. The number of hydrogen-bond acceptors (Lipinski definition) is 7. The summed E-state index contributed by atoms with van der Waals surface area (Å²) >= 11 is 0. The summed E-state index contributed by atoms with van der Waals surface area (Å²) in [4.78, 5) is 17.6. The molecule has 39 heavy (non-hydrogen) atoms. The van der Waals surface area contributed by atoms with Crippen molar-refractivity contribution < 1.29 is 27.4 Å². The van der Waals surface area contributed by atoms with E-state index < -0.39 is 10.0 Å². The lowest BCUT2D eigenvalue weighted by Gasteiger charge is -2.34. The van der Waals surface area contributed by atoms with E-state index in [0.717, 1.165) is 50.5 Å². The van der Waals surface area contributed by atoms with Gasteiger partial charge in [-0.25, -0.2) is 8.42 Å². The van der Waals surface area contributed by atoms with E-state index in [-0.39, 0.29) is 5.91 Å². The first-order valence-electron chi connectivity index (χ1n) is 13.8. The highest BCUT2D eigenvalue weighted by molar-refractivity contribution is 7.88. The van der Waals surface area contributed by atoms with Crippen molar-refractivity contribution in [2.24, 2.45) is 0 Å². The maximum absolute atomic E-state index is 13.3. The molecule has 3 aliphatic rings. The zero-order chi connectivity index (χ0) is 27.2. The fourth-order valence-electron chi connectivity index (χ4n) is 5.62. The Morgan fingerprint density at radius 2 is 1.59 bits per heavy atom. The van der Waals surface area contributed by atoms with Gasteiger partial charge in [0, 0.05) is 70.5 Å². The van der Waals surface area contributed by atoms with Crippen LogP contribution in [0.4, 0.5) is 0 Å². The summed E-state index contributed by atoms with van der Waals surface area (Å²) in [5.41, 5.74) is 3.97. The van der Waals surface area contributed by atoms with Gasteiger partial charge in [-0.1, -0.05) is 24.3 Å². The summed E-state index contributed by atoms with van der Waals surface area (Å²) < 4.78 is 42.8. The molecule has 1 amide bonds. The zero-order valence-corrected chi connectivity index (χ0v) is 23.5. The fraction of sp³-hybridized carbons (Fsp3) is 0.552. The standard InChI is InChI=1S/C29H39N3O6S/c1-39(34,35)32-11-9-30(10-12-32)29(33)25-5-6-28-26(21-25)20-23-3-2-4-24(19-23)22-31(13-16-37-17-18-38-28)27-7-14-36-15-8-27/h2-6,19,21,27H,7-18,20,22H2,1H3. The molecule has 0 radical (unpaired) electrons. The average Bonchev–Trinajstić information content (AvgIpc) is 2.94. The van der Waals surface area contributed by atoms with E-state index in [4.69, 9.17) is 14.2 Å². The molecule has 0 unspecified atom stereocenters. The van der Waals surface area contributed by atoms with Gasteiger partial charge in [-0.2, -0.15) is 4.31 Å². The summed E-state index contributed by atoms with van der Waals surface area (Å²) in [5, 5.41) is 0. The van der Waals surface area contributed by atoms with E-state index in [1.807, 2.05) is 12.1 Å². The van der Waals surface area contributed by atoms with Crippen LogP contribution in [0.2, 0.25) is 0 Å². The van der Waals surface area contributed by atoms with Crippen molar-refractivity contribution in [1.82, 2.24) is 14.1 Å². The number of benzene rings is 2. The first-order chi connectivity index (χ1) is 18.9. The predicted octanol–water partition coefficient (Wildman–Crippen LogP) is 2.38. The molecule has 2 bridgehead atoms. The molecule has 3 aliphatic heterocycles. The van der Waals surface area contributed by atoms with Crippen LogP contribution >= 0.6 is 0 Å². The number of hydrogen-bond donors (Lipinski definition) is 0. The molecule has 0 saturated carbocycles. The molecule has 5 rings (SSSR count). The molecule has 2 fully saturated rings. The van der Waals surface area contributed by atoms with Gasteiger partial charge in [-0.05, 0) is 47.7 Å². The van der Waals surface area contributed by atoms with Gasteiger partial charge in [0.15, 0.2) is 0 Å². The predicted molar refractivity (Wildman–Crippen MR) is 149 cm³/mol. The molecule has 0 aliphatic carbocycles. The minimum atomic E-state index is -3.25. The van der Waals surface area contributed by atoms with Crippen LogP contribution in [-0.4, -0.2) is 106 Å². The van der Waals surface area contributed by atoms with Crippen molar-refractivity contribution >= 4 is 15.9 Å². The summed E-state index contributed by atoms with van der Waals surface area (Å²) in [6, 6.07) is 14.7. The Kier molecular flexibility index (Phi) is 9.19. The second-order valence-corrected chi connectivity index (χ2v) is 12.5. The lowest BCUT2D eigenvalue weighted by atomic mass is 9.99. The van der Waals surface area contributed by atoms with E-state index >= 15 is 0 Å². The number of nitrogens with zero attached hydrogens (tertiary/aromatic N) is 3. The van der Waals surface area contributed by atoms with Crippen LogP contribution in [0.25, 0.3) is 0 Å². The monoisotopic (exact) mass is 557 g/mol. The van der Waals surface area contributed by atoms with Crippen LogP contribution in [0, 0.1) is 0 Å². The lowest BCUT2D eigenvalue weighted by molar-refractivity contribution is 0.0133. The number of amides is 1. The van der Waals surface area contributed by atoms with Gasteiger partial charge in [0.1, 0.15) is 12.4 Å². The normalized spacial score (nSPS) is 21.0. The largest absolute Gasteiger partial charge is 0.491 e. The Balaban J connectivity index is 1.35. The van der Waals surface area contributed by atoms with Crippen LogP contribution in [0.3, 0.4) is 0 Å².